The molecule has 2 N–H and O–H groups in total. The van der Waals surface area contributed by atoms with Gasteiger partial charge in [-0.15, -0.1) is 11.3 Å². The lowest BCUT2D eigenvalue weighted by Gasteiger charge is -2.11. The highest BCUT2D eigenvalue weighted by molar-refractivity contribution is 7.80. The lowest BCUT2D eigenvalue weighted by Crippen LogP contribution is -2.21. The van der Waals surface area contributed by atoms with Crippen molar-refractivity contribution in [2.24, 2.45) is 0 Å². The molecule has 4 rings (SSSR count). The molecule has 180 valence electrons. The molecule has 0 atom stereocenters. The molecule has 0 aliphatic rings. The zero-order valence-corrected chi connectivity index (χ0v) is 22.0. The Morgan fingerprint density at radius 1 is 1.11 bits per heavy atom. The fourth-order valence-corrected chi connectivity index (χ4v) is 5.18. The van der Waals surface area contributed by atoms with E-state index in [0.29, 0.717) is 33.9 Å². The number of halogens is 1. The van der Waals surface area contributed by atoms with Gasteiger partial charge in [0.15, 0.2) is 5.11 Å². The molecule has 0 aliphatic heterocycles. The fraction of sp³-hybridized carbons (Fsp3) is 0.192. The van der Waals surface area contributed by atoms with E-state index in [1.54, 1.807) is 6.92 Å². The molecule has 0 amide bonds. The lowest BCUT2D eigenvalue weighted by molar-refractivity contribution is 0.0528. The molecule has 0 aliphatic carbocycles. The van der Waals surface area contributed by atoms with Gasteiger partial charge in [-0.1, -0.05) is 60.1 Å². The summed E-state index contributed by atoms with van der Waals surface area (Å²) in [6.45, 7) is 6.52. The largest absolute Gasteiger partial charge is 0.462 e. The Bertz CT molecular complexity index is 1370. The number of aryl methyl sites for hydroxylation is 1. The smallest absolute Gasteiger partial charge is 0.341 e. The number of carbonyl (C=O) groups excluding carboxylic acids is 1. The zero-order valence-electron chi connectivity index (χ0n) is 19.6. The monoisotopic (exact) mass is 524 g/mol. The number of rotatable bonds is 7. The van der Waals surface area contributed by atoms with Crippen LogP contribution in [0.1, 0.15) is 34.2 Å². The molecule has 0 unspecified atom stereocenters. The van der Waals surface area contributed by atoms with Crippen LogP contribution in [0.4, 0.5) is 10.7 Å². The molecule has 0 saturated heterocycles. The summed E-state index contributed by atoms with van der Waals surface area (Å²) >= 11 is 13.4. The molecular formula is C26H25ClN4O2S2. The Balaban J connectivity index is 1.55. The van der Waals surface area contributed by atoms with E-state index in [9.17, 15) is 4.79 Å². The number of thiocarbonyl (C=S) groups is 1. The van der Waals surface area contributed by atoms with E-state index >= 15 is 0 Å². The molecule has 6 nitrogen and oxygen atoms in total. The summed E-state index contributed by atoms with van der Waals surface area (Å²) in [6.07, 6.45) is 0. The average Bonchev–Trinajstić information content (AvgIpc) is 3.38. The van der Waals surface area contributed by atoms with Crippen molar-refractivity contribution in [2.45, 2.75) is 27.3 Å². The van der Waals surface area contributed by atoms with Gasteiger partial charge in [-0.3, -0.25) is 4.68 Å². The van der Waals surface area contributed by atoms with Crippen molar-refractivity contribution >= 4 is 56.9 Å². The van der Waals surface area contributed by atoms with Gasteiger partial charge in [-0.05, 0) is 56.2 Å². The number of anilines is 2. The number of aromatic nitrogens is 2. The van der Waals surface area contributed by atoms with Crippen molar-refractivity contribution in [1.82, 2.24) is 9.78 Å². The molecule has 2 heterocycles. The molecule has 0 saturated carbocycles. The number of nitrogens with one attached hydrogen (secondary N) is 2. The second kappa shape index (κ2) is 11.0. The third-order valence-corrected chi connectivity index (χ3v) is 7.08. The summed E-state index contributed by atoms with van der Waals surface area (Å²) in [4.78, 5) is 13.6. The predicted molar refractivity (Wildman–Crippen MR) is 148 cm³/mol. The Kier molecular flexibility index (Phi) is 7.85. The SMILES string of the molecule is CCOC(=O)c1cc(-c2ccccc2)sc1NC(=S)Nc1c(C)nn(Cc2ccccc2Cl)c1C. The first-order chi connectivity index (χ1) is 16.9. The van der Waals surface area contributed by atoms with Crippen molar-refractivity contribution in [3.05, 3.63) is 88.2 Å². The number of hydrogen-bond donors (Lipinski definition) is 2. The van der Waals surface area contributed by atoms with Crippen LogP contribution in [-0.4, -0.2) is 27.5 Å². The highest BCUT2D eigenvalue weighted by Gasteiger charge is 2.20. The van der Waals surface area contributed by atoms with Crippen LogP contribution in [-0.2, 0) is 11.3 Å². The minimum Gasteiger partial charge on any atom is -0.462 e. The predicted octanol–water partition coefficient (Wildman–Crippen LogP) is 6.92. The van der Waals surface area contributed by atoms with Gasteiger partial charge in [0.25, 0.3) is 0 Å². The number of carbonyl (C=O) groups is 1. The minimum absolute atomic E-state index is 0.292. The second-order valence-corrected chi connectivity index (χ2v) is 9.68. The normalized spacial score (nSPS) is 10.7. The van der Waals surface area contributed by atoms with E-state index in [-0.39, 0.29) is 0 Å². The van der Waals surface area contributed by atoms with Gasteiger partial charge in [0.05, 0.1) is 35.8 Å². The number of esters is 1. The zero-order chi connectivity index (χ0) is 24.9. The third-order valence-electron chi connectivity index (χ3n) is 5.41. The van der Waals surface area contributed by atoms with Crippen molar-refractivity contribution < 1.29 is 9.53 Å². The van der Waals surface area contributed by atoms with Crippen molar-refractivity contribution in [1.29, 1.82) is 0 Å². The van der Waals surface area contributed by atoms with Gasteiger partial charge in [0, 0.05) is 9.90 Å². The van der Waals surface area contributed by atoms with Gasteiger partial charge in [-0.2, -0.15) is 5.10 Å². The molecule has 0 spiro atoms. The molecule has 0 radical (unpaired) electrons. The van der Waals surface area contributed by atoms with E-state index in [4.69, 9.17) is 28.6 Å². The first-order valence-corrected chi connectivity index (χ1v) is 12.7. The van der Waals surface area contributed by atoms with Crippen molar-refractivity contribution in [3.63, 3.8) is 0 Å². The van der Waals surface area contributed by atoms with Gasteiger partial charge >= 0.3 is 5.97 Å². The maximum atomic E-state index is 12.6. The van der Waals surface area contributed by atoms with Crippen LogP contribution in [0.25, 0.3) is 10.4 Å². The van der Waals surface area contributed by atoms with Gasteiger partial charge in [0.2, 0.25) is 0 Å². The maximum Gasteiger partial charge on any atom is 0.341 e. The van der Waals surface area contributed by atoms with Crippen LogP contribution in [0, 0.1) is 13.8 Å². The minimum atomic E-state index is -0.392. The van der Waals surface area contributed by atoms with E-state index in [0.717, 1.165) is 33.1 Å². The van der Waals surface area contributed by atoms with E-state index in [1.807, 2.05) is 79.2 Å². The topological polar surface area (TPSA) is 68.2 Å². The number of nitrogens with zero attached hydrogens (tertiary/aromatic N) is 2. The first-order valence-electron chi connectivity index (χ1n) is 11.1. The molecule has 35 heavy (non-hydrogen) atoms. The first kappa shape index (κ1) is 24.9. The molecule has 9 heteroatoms. The van der Waals surface area contributed by atoms with Crippen LogP contribution in [0.5, 0.6) is 0 Å². The molecule has 2 aromatic carbocycles. The van der Waals surface area contributed by atoms with Gasteiger partial charge < -0.3 is 15.4 Å². The molecule has 2 aromatic heterocycles. The third kappa shape index (κ3) is 5.73. The van der Waals surface area contributed by atoms with Crippen molar-refractivity contribution in [3.8, 4) is 10.4 Å². The van der Waals surface area contributed by atoms with Gasteiger partial charge in [-0.25, -0.2) is 4.79 Å². The summed E-state index contributed by atoms with van der Waals surface area (Å²) in [5, 5.41) is 12.8. The number of benzene rings is 2. The number of thiophene rings is 1. The van der Waals surface area contributed by atoms with E-state index in [2.05, 4.69) is 15.7 Å². The van der Waals surface area contributed by atoms with Crippen LogP contribution < -0.4 is 10.6 Å². The molecule has 0 bridgehead atoms. The molecule has 4 aromatic rings. The summed E-state index contributed by atoms with van der Waals surface area (Å²) in [5.41, 5.74) is 4.99. The van der Waals surface area contributed by atoms with Gasteiger partial charge in [0.1, 0.15) is 5.00 Å². The highest BCUT2D eigenvalue weighted by atomic mass is 35.5. The lowest BCUT2D eigenvalue weighted by atomic mass is 10.1. The Morgan fingerprint density at radius 3 is 2.54 bits per heavy atom. The van der Waals surface area contributed by atoms with Crippen LogP contribution in [0.15, 0.2) is 60.7 Å². The quantitative estimate of drug-likeness (QED) is 0.202. The van der Waals surface area contributed by atoms with Crippen LogP contribution >= 0.6 is 35.2 Å². The Labute approximate surface area is 218 Å². The number of ether oxygens (including phenoxy) is 1. The summed E-state index contributed by atoms with van der Waals surface area (Å²) in [5.74, 6) is -0.392. The fourth-order valence-electron chi connectivity index (χ4n) is 3.66. The summed E-state index contributed by atoms with van der Waals surface area (Å²) < 4.78 is 7.16. The van der Waals surface area contributed by atoms with Crippen molar-refractivity contribution in [2.75, 3.05) is 17.2 Å². The molecular weight excluding hydrogens is 500 g/mol. The number of hydrogen-bond acceptors (Lipinski definition) is 5. The summed E-state index contributed by atoms with van der Waals surface area (Å²) in [6, 6.07) is 19.4. The molecule has 0 fully saturated rings. The standard InChI is InChI=1S/C26H25ClN4O2S2/c1-4-33-25(32)20-14-22(18-10-6-5-7-11-18)35-24(20)29-26(34)28-23-16(2)30-31(17(23)3)15-19-12-8-9-13-21(19)27/h5-14H,4,15H2,1-3H3,(H2,28,29,34). The second-order valence-electron chi connectivity index (χ2n) is 7.81. The van der Waals surface area contributed by atoms with E-state index in [1.165, 1.54) is 11.3 Å². The average molecular weight is 525 g/mol. The Hall–Kier alpha value is -3.20. The van der Waals surface area contributed by atoms with Crippen LogP contribution in [0.2, 0.25) is 5.02 Å². The summed E-state index contributed by atoms with van der Waals surface area (Å²) in [7, 11) is 0. The van der Waals surface area contributed by atoms with E-state index < -0.39 is 5.97 Å². The Morgan fingerprint density at radius 2 is 1.83 bits per heavy atom. The maximum absolute atomic E-state index is 12.6. The highest BCUT2D eigenvalue weighted by Crippen LogP contribution is 2.36. The van der Waals surface area contributed by atoms with Crippen LogP contribution in [0.3, 0.4) is 0 Å².